The van der Waals surface area contributed by atoms with Crippen LogP contribution in [-0.2, 0) is 0 Å². The van der Waals surface area contributed by atoms with Gasteiger partial charge in [0.05, 0.1) is 27.2 Å². The maximum absolute atomic E-state index is 6.55. The van der Waals surface area contributed by atoms with Gasteiger partial charge in [0.2, 0.25) is 0 Å². The Labute approximate surface area is 188 Å². The number of rotatable bonds is 1. The van der Waals surface area contributed by atoms with E-state index in [0.717, 1.165) is 66.0 Å². The minimum atomic E-state index is 0.873. The molecular formula is C30H17NO2. The lowest BCUT2D eigenvalue weighted by Gasteiger charge is -2.08. The molecule has 8 aromatic rings. The van der Waals surface area contributed by atoms with Crippen molar-refractivity contribution in [1.82, 2.24) is 4.57 Å². The summed E-state index contributed by atoms with van der Waals surface area (Å²) in [6, 6.07) is 35.6. The largest absolute Gasteiger partial charge is 0.455 e. The Morgan fingerprint density at radius 1 is 0.455 bits per heavy atom. The average molecular weight is 423 g/mol. The highest BCUT2D eigenvalue weighted by Crippen LogP contribution is 2.48. The molecule has 33 heavy (non-hydrogen) atoms. The van der Waals surface area contributed by atoms with E-state index in [1.54, 1.807) is 0 Å². The lowest BCUT2D eigenvalue weighted by Crippen LogP contribution is -1.93. The fourth-order valence-corrected chi connectivity index (χ4v) is 5.46. The monoisotopic (exact) mass is 423 g/mol. The molecule has 0 spiro atoms. The van der Waals surface area contributed by atoms with E-state index in [2.05, 4.69) is 83.4 Å². The van der Waals surface area contributed by atoms with E-state index >= 15 is 0 Å². The topological polar surface area (TPSA) is 31.2 Å². The van der Waals surface area contributed by atoms with Gasteiger partial charge >= 0.3 is 0 Å². The molecule has 154 valence electrons. The van der Waals surface area contributed by atoms with Gasteiger partial charge in [0.25, 0.3) is 0 Å². The number of nitrogens with zero attached hydrogens (tertiary/aromatic N) is 1. The van der Waals surface area contributed by atoms with Crippen molar-refractivity contribution < 1.29 is 8.83 Å². The van der Waals surface area contributed by atoms with Gasteiger partial charge in [-0.15, -0.1) is 0 Å². The summed E-state index contributed by atoms with van der Waals surface area (Å²) in [6.45, 7) is 0. The summed E-state index contributed by atoms with van der Waals surface area (Å²) < 4.78 is 15.5. The molecule has 0 saturated carbocycles. The van der Waals surface area contributed by atoms with E-state index in [1.807, 2.05) is 24.3 Å². The summed E-state index contributed by atoms with van der Waals surface area (Å²) in [7, 11) is 0. The fourth-order valence-electron chi connectivity index (χ4n) is 5.46. The van der Waals surface area contributed by atoms with Crippen molar-refractivity contribution in [2.45, 2.75) is 0 Å². The van der Waals surface area contributed by atoms with Crippen molar-refractivity contribution in [3.05, 3.63) is 103 Å². The van der Waals surface area contributed by atoms with Crippen molar-refractivity contribution in [2.75, 3.05) is 0 Å². The molecule has 3 aromatic heterocycles. The SMILES string of the molecule is c1ccc(-n2c3ccccc3c3c4oc5ccccc5c4c4oc5ccccc5c4c32)cc1. The Bertz CT molecular complexity index is 1990. The fraction of sp³-hybridized carbons (Fsp3) is 0. The normalized spacial score (nSPS) is 12.2. The van der Waals surface area contributed by atoms with E-state index in [1.165, 1.54) is 5.39 Å². The molecule has 0 amide bonds. The number of hydrogen-bond acceptors (Lipinski definition) is 2. The summed E-state index contributed by atoms with van der Waals surface area (Å²) in [6.07, 6.45) is 0. The molecule has 0 saturated heterocycles. The highest BCUT2D eigenvalue weighted by atomic mass is 16.3. The molecule has 5 aromatic carbocycles. The minimum absolute atomic E-state index is 0.873. The van der Waals surface area contributed by atoms with E-state index in [-0.39, 0.29) is 0 Å². The second kappa shape index (κ2) is 6.05. The summed E-state index contributed by atoms with van der Waals surface area (Å²) in [5.41, 5.74) is 6.90. The first-order valence-electron chi connectivity index (χ1n) is 11.1. The second-order valence-electron chi connectivity index (χ2n) is 8.52. The molecule has 3 nitrogen and oxygen atoms in total. The first kappa shape index (κ1) is 17.1. The van der Waals surface area contributed by atoms with Crippen LogP contribution in [0.3, 0.4) is 0 Å². The Kier molecular flexibility index (Phi) is 3.14. The molecular weight excluding hydrogens is 406 g/mol. The third kappa shape index (κ3) is 2.09. The van der Waals surface area contributed by atoms with Crippen LogP contribution in [0.4, 0.5) is 0 Å². The zero-order valence-corrected chi connectivity index (χ0v) is 17.6. The maximum Gasteiger partial charge on any atom is 0.149 e. The van der Waals surface area contributed by atoms with E-state index in [0.29, 0.717) is 0 Å². The van der Waals surface area contributed by atoms with Crippen molar-refractivity contribution in [2.24, 2.45) is 0 Å². The van der Waals surface area contributed by atoms with Crippen molar-refractivity contribution in [3.8, 4) is 5.69 Å². The third-order valence-corrected chi connectivity index (χ3v) is 6.77. The molecule has 3 heteroatoms. The van der Waals surface area contributed by atoms with Gasteiger partial charge in [0.15, 0.2) is 0 Å². The number of hydrogen-bond donors (Lipinski definition) is 0. The highest BCUT2D eigenvalue weighted by molar-refractivity contribution is 6.37. The Hall–Kier alpha value is -4.50. The smallest absolute Gasteiger partial charge is 0.149 e. The van der Waals surface area contributed by atoms with Crippen molar-refractivity contribution in [3.63, 3.8) is 0 Å². The van der Waals surface area contributed by atoms with Gasteiger partial charge in [-0.1, -0.05) is 72.8 Å². The molecule has 8 rings (SSSR count). The summed E-state index contributed by atoms with van der Waals surface area (Å²) in [5, 5.41) is 6.66. The van der Waals surface area contributed by atoms with E-state index < -0.39 is 0 Å². The van der Waals surface area contributed by atoms with Gasteiger partial charge < -0.3 is 13.4 Å². The van der Waals surface area contributed by atoms with Crippen LogP contribution in [0.25, 0.3) is 71.4 Å². The number of furan rings is 2. The van der Waals surface area contributed by atoms with Crippen LogP contribution in [0.2, 0.25) is 0 Å². The molecule has 0 radical (unpaired) electrons. The lowest BCUT2D eigenvalue weighted by atomic mass is 10.0. The number of fused-ring (bicyclic) bond motifs is 12. The van der Waals surface area contributed by atoms with E-state index in [9.17, 15) is 0 Å². The molecule has 0 atom stereocenters. The van der Waals surface area contributed by atoms with Crippen LogP contribution in [0.1, 0.15) is 0 Å². The van der Waals surface area contributed by atoms with Crippen LogP contribution in [0.15, 0.2) is 112 Å². The highest BCUT2D eigenvalue weighted by Gasteiger charge is 2.25. The molecule has 0 aliphatic carbocycles. The van der Waals surface area contributed by atoms with Gasteiger partial charge in [-0.2, -0.15) is 0 Å². The molecule has 3 heterocycles. The maximum atomic E-state index is 6.55. The zero-order chi connectivity index (χ0) is 21.5. The number of aromatic nitrogens is 1. The Balaban J connectivity index is 1.80. The van der Waals surface area contributed by atoms with Crippen LogP contribution < -0.4 is 0 Å². The molecule has 0 aliphatic rings. The number of para-hydroxylation sites is 4. The summed E-state index contributed by atoms with van der Waals surface area (Å²) in [5.74, 6) is 0. The standard InChI is InChI=1S/C30H17NO2/c1-2-10-18(11-3-1)31-22-15-7-4-12-19(22)25-28(31)26-20-13-5-8-16-23(20)32-30(26)27-21-14-6-9-17-24(21)33-29(25)27/h1-17H. The molecule has 0 aliphatic heterocycles. The van der Waals surface area contributed by atoms with E-state index in [4.69, 9.17) is 8.83 Å². The van der Waals surface area contributed by atoms with Gasteiger partial charge in [-0.25, -0.2) is 0 Å². The zero-order valence-electron chi connectivity index (χ0n) is 17.6. The minimum Gasteiger partial charge on any atom is -0.455 e. The first-order chi connectivity index (χ1) is 16.4. The molecule has 0 fully saturated rings. The molecule has 0 unspecified atom stereocenters. The first-order valence-corrected chi connectivity index (χ1v) is 11.1. The van der Waals surface area contributed by atoms with Gasteiger partial charge in [-0.3, -0.25) is 0 Å². The van der Waals surface area contributed by atoms with Crippen LogP contribution in [0.5, 0.6) is 0 Å². The third-order valence-electron chi connectivity index (χ3n) is 6.77. The van der Waals surface area contributed by atoms with Crippen LogP contribution in [-0.4, -0.2) is 4.57 Å². The predicted molar refractivity (Wildman–Crippen MR) is 135 cm³/mol. The van der Waals surface area contributed by atoms with Gasteiger partial charge in [0, 0.05) is 21.8 Å². The van der Waals surface area contributed by atoms with Gasteiger partial charge in [0.1, 0.15) is 22.3 Å². The van der Waals surface area contributed by atoms with Gasteiger partial charge in [-0.05, 0) is 30.3 Å². The Morgan fingerprint density at radius 2 is 0.970 bits per heavy atom. The second-order valence-corrected chi connectivity index (χ2v) is 8.52. The van der Waals surface area contributed by atoms with Crippen molar-refractivity contribution >= 4 is 65.7 Å². The van der Waals surface area contributed by atoms with Crippen LogP contribution in [0, 0.1) is 0 Å². The van der Waals surface area contributed by atoms with Crippen LogP contribution >= 0.6 is 0 Å². The average Bonchev–Trinajstić information content (AvgIpc) is 3.53. The number of benzene rings is 5. The quantitative estimate of drug-likeness (QED) is 0.265. The molecule has 0 N–H and O–H groups in total. The Morgan fingerprint density at radius 3 is 1.67 bits per heavy atom. The summed E-state index contributed by atoms with van der Waals surface area (Å²) >= 11 is 0. The predicted octanol–water partition coefficient (Wildman–Crippen LogP) is 8.58. The molecule has 0 bridgehead atoms. The van der Waals surface area contributed by atoms with Crippen molar-refractivity contribution in [1.29, 1.82) is 0 Å². The summed E-state index contributed by atoms with van der Waals surface area (Å²) in [4.78, 5) is 0. The lowest BCUT2D eigenvalue weighted by molar-refractivity contribution is 0.665.